The molecule has 0 aromatic heterocycles. The number of halogens is 2. The summed E-state index contributed by atoms with van der Waals surface area (Å²) in [6.45, 7) is 4.50. The number of likely N-dealkylation sites (tertiary alicyclic amines) is 1. The standard InChI is InChI=1S/C25H29ClFN3O3/c1-33-23-9-4-18(15-22(23)27)16-28-11-13-29(14-12-28)25(32)20-3-2-10-30(17-20)24(31)19-5-7-21(26)8-6-19/h4-9,15,20H,2-3,10-14,16-17H2,1H3/t20-/m0/s1. The van der Waals surface area contributed by atoms with E-state index in [2.05, 4.69) is 4.90 Å². The Morgan fingerprint density at radius 3 is 2.42 bits per heavy atom. The zero-order chi connectivity index (χ0) is 23.4. The normalized spacial score (nSPS) is 19.4. The van der Waals surface area contributed by atoms with Gasteiger partial charge in [0.05, 0.1) is 13.0 Å². The molecule has 0 saturated carbocycles. The topological polar surface area (TPSA) is 53.1 Å². The summed E-state index contributed by atoms with van der Waals surface area (Å²) in [6, 6.07) is 11.9. The molecule has 2 heterocycles. The van der Waals surface area contributed by atoms with Crippen LogP contribution in [-0.4, -0.2) is 72.9 Å². The molecule has 0 bridgehead atoms. The molecule has 0 unspecified atom stereocenters. The Morgan fingerprint density at radius 1 is 1.03 bits per heavy atom. The molecule has 176 valence electrons. The van der Waals surface area contributed by atoms with Gasteiger partial charge in [0.25, 0.3) is 5.91 Å². The fraction of sp³-hybridized carbons (Fsp3) is 0.440. The van der Waals surface area contributed by atoms with E-state index in [9.17, 15) is 14.0 Å². The molecule has 0 spiro atoms. The predicted octanol–water partition coefficient (Wildman–Crippen LogP) is 3.68. The summed E-state index contributed by atoms with van der Waals surface area (Å²) in [5.74, 6) is -0.222. The van der Waals surface area contributed by atoms with E-state index in [4.69, 9.17) is 16.3 Å². The number of carbonyl (C=O) groups is 2. The minimum atomic E-state index is -0.362. The average molecular weight is 474 g/mol. The Bertz CT molecular complexity index is 993. The van der Waals surface area contributed by atoms with Crippen molar-refractivity contribution in [2.75, 3.05) is 46.4 Å². The van der Waals surface area contributed by atoms with Crippen LogP contribution in [0, 0.1) is 11.7 Å². The van der Waals surface area contributed by atoms with Gasteiger partial charge in [-0.05, 0) is 54.8 Å². The van der Waals surface area contributed by atoms with Crippen molar-refractivity contribution in [3.8, 4) is 5.75 Å². The summed E-state index contributed by atoms with van der Waals surface area (Å²) in [4.78, 5) is 31.9. The Kier molecular flexibility index (Phi) is 7.50. The van der Waals surface area contributed by atoms with Gasteiger partial charge in [-0.25, -0.2) is 4.39 Å². The number of hydrogen-bond donors (Lipinski definition) is 0. The number of carbonyl (C=O) groups excluding carboxylic acids is 2. The molecule has 0 aliphatic carbocycles. The van der Waals surface area contributed by atoms with Crippen molar-refractivity contribution in [3.63, 3.8) is 0 Å². The molecule has 2 fully saturated rings. The van der Waals surface area contributed by atoms with Crippen molar-refractivity contribution < 1.29 is 18.7 Å². The van der Waals surface area contributed by atoms with Crippen LogP contribution in [0.4, 0.5) is 4.39 Å². The number of piperazine rings is 1. The van der Waals surface area contributed by atoms with E-state index in [-0.39, 0.29) is 29.3 Å². The molecular weight excluding hydrogens is 445 g/mol. The number of piperidine rings is 1. The molecule has 8 heteroatoms. The monoisotopic (exact) mass is 473 g/mol. The molecule has 2 amide bonds. The maximum absolute atomic E-state index is 14.0. The van der Waals surface area contributed by atoms with Crippen LogP contribution in [-0.2, 0) is 11.3 Å². The van der Waals surface area contributed by atoms with Crippen molar-refractivity contribution in [2.45, 2.75) is 19.4 Å². The van der Waals surface area contributed by atoms with Gasteiger partial charge in [0.15, 0.2) is 11.6 Å². The van der Waals surface area contributed by atoms with Crippen molar-refractivity contribution in [1.29, 1.82) is 0 Å². The lowest BCUT2D eigenvalue weighted by Gasteiger charge is -2.39. The minimum Gasteiger partial charge on any atom is -0.494 e. The third-order valence-corrected chi connectivity index (χ3v) is 6.71. The van der Waals surface area contributed by atoms with Gasteiger partial charge in [0, 0.05) is 56.4 Å². The van der Waals surface area contributed by atoms with E-state index < -0.39 is 0 Å². The quantitative estimate of drug-likeness (QED) is 0.664. The van der Waals surface area contributed by atoms with Gasteiger partial charge in [-0.3, -0.25) is 14.5 Å². The molecule has 0 radical (unpaired) electrons. The fourth-order valence-electron chi connectivity index (χ4n) is 4.59. The first-order chi connectivity index (χ1) is 15.9. The van der Waals surface area contributed by atoms with Gasteiger partial charge in [0.2, 0.25) is 5.91 Å². The summed E-state index contributed by atoms with van der Waals surface area (Å²) in [6.07, 6.45) is 1.62. The number of nitrogens with zero attached hydrogens (tertiary/aromatic N) is 3. The second-order valence-corrected chi connectivity index (χ2v) is 9.10. The van der Waals surface area contributed by atoms with Gasteiger partial charge in [-0.15, -0.1) is 0 Å². The number of amides is 2. The SMILES string of the molecule is COc1ccc(CN2CCN(C(=O)[C@H]3CCCN(C(=O)c4ccc(Cl)cc4)C3)CC2)cc1F. The highest BCUT2D eigenvalue weighted by Crippen LogP contribution is 2.23. The maximum atomic E-state index is 14.0. The molecule has 2 aromatic rings. The molecule has 2 aliphatic heterocycles. The first kappa shape index (κ1) is 23.5. The zero-order valence-corrected chi connectivity index (χ0v) is 19.6. The lowest BCUT2D eigenvalue weighted by atomic mass is 9.95. The molecule has 2 aromatic carbocycles. The molecule has 2 saturated heterocycles. The number of hydrogen-bond acceptors (Lipinski definition) is 4. The van der Waals surface area contributed by atoms with Crippen molar-refractivity contribution in [2.24, 2.45) is 5.92 Å². The molecule has 6 nitrogen and oxygen atoms in total. The summed E-state index contributed by atoms with van der Waals surface area (Å²) in [5, 5.41) is 0.592. The van der Waals surface area contributed by atoms with Crippen LogP contribution >= 0.6 is 11.6 Å². The first-order valence-corrected chi connectivity index (χ1v) is 11.7. The highest BCUT2D eigenvalue weighted by Gasteiger charge is 2.33. The Balaban J connectivity index is 1.29. The second-order valence-electron chi connectivity index (χ2n) is 8.67. The molecule has 0 N–H and O–H groups in total. The van der Waals surface area contributed by atoms with E-state index in [1.807, 2.05) is 11.0 Å². The van der Waals surface area contributed by atoms with Gasteiger partial charge < -0.3 is 14.5 Å². The summed E-state index contributed by atoms with van der Waals surface area (Å²) < 4.78 is 18.9. The van der Waals surface area contributed by atoms with E-state index in [0.29, 0.717) is 43.3 Å². The molecule has 4 rings (SSSR count). The highest BCUT2D eigenvalue weighted by molar-refractivity contribution is 6.30. The summed E-state index contributed by atoms with van der Waals surface area (Å²) in [5.41, 5.74) is 1.48. The smallest absolute Gasteiger partial charge is 0.253 e. The van der Waals surface area contributed by atoms with Crippen molar-refractivity contribution >= 4 is 23.4 Å². The van der Waals surface area contributed by atoms with E-state index >= 15 is 0 Å². The second kappa shape index (κ2) is 10.5. The van der Waals surface area contributed by atoms with Crippen molar-refractivity contribution in [1.82, 2.24) is 14.7 Å². The number of ether oxygens (including phenoxy) is 1. The number of rotatable bonds is 5. The molecular formula is C25H29ClFN3O3. The van der Waals surface area contributed by atoms with Crippen LogP contribution in [0.2, 0.25) is 5.02 Å². The zero-order valence-electron chi connectivity index (χ0n) is 18.8. The predicted molar refractivity (Wildman–Crippen MR) is 125 cm³/mol. The largest absolute Gasteiger partial charge is 0.494 e. The number of methoxy groups -OCH3 is 1. The summed E-state index contributed by atoms with van der Waals surface area (Å²) in [7, 11) is 1.45. The third kappa shape index (κ3) is 5.65. The maximum Gasteiger partial charge on any atom is 0.253 e. The number of benzene rings is 2. The fourth-order valence-corrected chi connectivity index (χ4v) is 4.72. The lowest BCUT2D eigenvalue weighted by molar-refractivity contribution is -0.138. The van der Waals surface area contributed by atoms with Gasteiger partial charge in [0.1, 0.15) is 0 Å². The first-order valence-electron chi connectivity index (χ1n) is 11.3. The highest BCUT2D eigenvalue weighted by atomic mass is 35.5. The van der Waals surface area contributed by atoms with Crippen LogP contribution in [0.5, 0.6) is 5.75 Å². The summed E-state index contributed by atoms with van der Waals surface area (Å²) >= 11 is 5.93. The van der Waals surface area contributed by atoms with Gasteiger partial charge >= 0.3 is 0 Å². The lowest BCUT2D eigenvalue weighted by Crippen LogP contribution is -2.52. The van der Waals surface area contributed by atoms with E-state index in [1.54, 1.807) is 35.2 Å². The van der Waals surface area contributed by atoms with Crippen LogP contribution in [0.25, 0.3) is 0 Å². The van der Waals surface area contributed by atoms with Gasteiger partial charge in [-0.1, -0.05) is 17.7 Å². The average Bonchev–Trinajstić information content (AvgIpc) is 2.84. The molecule has 1 atom stereocenters. The van der Waals surface area contributed by atoms with Gasteiger partial charge in [-0.2, -0.15) is 0 Å². The Labute approximate surface area is 198 Å². The van der Waals surface area contributed by atoms with Crippen LogP contribution in [0.1, 0.15) is 28.8 Å². The van der Waals surface area contributed by atoms with Crippen LogP contribution in [0.3, 0.4) is 0 Å². The molecule has 33 heavy (non-hydrogen) atoms. The Morgan fingerprint density at radius 2 is 1.76 bits per heavy atom. The third-order valence-electron chi connectivity index (χ3n) is 6.46. The van der Waals surface area contributed by atoms with Crippen molar-refractivity contribution in [3.05, 3.63) is 64.4 Å². The van der Waals surface area contributed by atoms with E-state index in [0.717, 1.165) is 31.5 Å². The molecule has 2 aliphatic rings. The van der Waals surface area contributed by atoms with Crippen LogP contribution in [0.15, 0.2) is 42.5 Å². The van der Waals surface area contributed by atoms with Crippen LogP contribution < -0.4 is 4.74 Å². The van der Waals surface area contributed by atoms with E-state index in [1.165, 1.54) is 13.2 Å². The minimum absolute atomic E-state index is 0.0549. The Hall–Kier alpha value is -2.64.